The average molecular weight is 237 g/mol. The number of nitrogens with one attached hydrogen (secondary N) is 1. The lowest BCUT2D eigenvalue weighted by Gasteiger charge is -2.37. The minimum Gasteiger partial charge on any atom is -0.323 e. The van der Waals surface area contributed by atoms with E-state index in [1.165, 1.54) is 13.1 Å². The van der Waals surface area contributed by atoms with Gasteiger partial charge in [-0.15, -0.1) is 36.4 Å². The third-order valence-electron chi connectivity index (χ3n) is 2.28. The van der Waals surface area contributed by atoms with E-state index in [0.29, 0.717) is 0 Å². The quantitative estimate of drug-likeness (QED) is 0.560. The lowest BCUT2D eigenvalue weighted by Crippen LogP contribution is -2.56. The Labute approximate surface area is 92.1 Å². The van der Waals surface area contributed by atoms with E-state index in [1.807, 2.05) is 0 Å². The number of piperazine rings is 1. The Hall–Kier alpha value is 0.790. The van der Waals surface area contributed by atoms with Crippen LogP contribution in [0, 0.1) is 0 Å². The van der Waals surface area contributed by atoms with Gasteiger partial charge in [0, 0.05) is 13.1 Å². The molecule has 0 atom stereocenters. The predicted octanol–water partition coefficient (Wildman–Crippen LogP) is 1.12. The molecule has 0 bridgehead atoms. The van der Waals surface area contributed by atoms with Crippen molar-refractivity contribution in [3.05, 3.63) is 0 Å². The van der Waals surface area contributed by atoms with Crippen LogP contribution in [0.15, 0.2) is 0 Å². The van der Waals surface area contributed by atoms with Gasteiger partial charge in [-0.3, -0.25) is 0 Å². The van der Waals surface area contributed by atoms with Crippen LogP contribution >= 0.6 is 36.4 Å². The molecule has 0 spiro atoms. The molecule has 1 aliphatic heterocycles. The molecule has 5 heteroatoms. The number of quaternary nitrogens is 1. The molecule has 0 aliphatic carbocycles. The van der Waals surface area contributed by atoms with Crippen LogP contribution in [-0.2, 0) is 0 Å². The molecule has 2 nitrogen and oxygen atoms in total. The van der Waals surface area contributed by atoms with Gasteiger partial charge >= 0.3 is 0 Å². The zero-order valence-electron chi connectivity index (χ0n) is 7.38. The Morgan fingerprint density at radius 2 is 1.75 bits per heavy atom. The fourth-order valence-electron chi connectivity index (χ4n) is 1.36. The first-order chi connectivity index (χ1) is 4.77. The topological polar surface area (TPSA) is 12.0 Å². The summed E-state index contributed by atoms with van der Waals surface area (Å²) in [6.45, 7) is 5.86. The van der Waals surface area contributed by atoms with Crippen LogP contribution in [-0.4, -0.2) is 50.1 Å². The van der Waals surface area contributed by atoms with Gasteiger partial charge in [-0.1, -0.05) is 0 Å². The monoisotopic (exact) mass is 235 g/mol. The van der Waals surface area contributed by atoms with E-state index >= 15 is 0 Å². The fourth-order valence-corrected chi connectivity index (χ4v) is 1.77. The first-order valence-electron chi connectivity index (χ1n) is 3.87. The fraction of sp³-hybridized carbons (Fsp3) is 1.00. The highest BCUT2D eigenvalue weighted by Crippen LogP contribution is 2.03. The normalized spacial score (nSPS) is 20.5. The summed E-state index contributed by atoms with van der Waals surface area (Å²) in [6, 6.07) is 0. The van der Waals surface area contributed by atoms with Gasteiger partial charge in [-0.05, 0) is 0 Å². The second kappa shape index (κ2) is 7.22. The number of hydrogen-bond acceptors (Lipinski definition) is 1. The Balaban J connectivity index is 0. The smallest absolute Gasteiger partial charge is 0.0923 e. The highest BCUT2D eigenvalue weighted by Gasteiger charge is 2.22. The summed E-state index contributed by atoms with van der Waals surface area (Å²) >= 11 is 5.69. The van der Waals surface area contributed by atoms with Crippen LogP contribution in [0.4, 0.5) is 0 Å². The van der Waals surface area contributed by atoms with Crippen LogP contribution in [0.3, 0.4) is 0 Å². The van der Waals surface area contributed by atoms with Crippen molar-refractivity contribution in [3.8, 4) is 0 Å². The Bertz CT molecular complexity index is 99.3. The molecular weight excluding hydrogens is 218 g/mol. The van der Waals surface area contributed by atoms with E-state index in [0.717, 1.165) is 30.0 Å². The Kier molecular flexibility index (Phi) is 9.19. The van der Waals surface area contributed by atoms with Crippen molar-refractivity contribution >= 4 is 36.4 Å². The van der Waals surface area contributed by atoms with E-state index in [1.54, 1.807) is 0 Å². The third kappa shape index (κ3) is 4.73. The molecule has 1 N–H and O–H groups in total. The lowest BCUT2D eigenvalue weighted by molar-refractivity contribution is -0.908. The average Bonchev–Trinajstić information content (AvgIpc) is 1.89. The van der Waals surface area contributed by atoms with Gasteiger partial charge in [0.1, 0.15) is 0 Å². The van der Waals surface area contributed by atoms with Crippen LogP contribution in [0.25, 0.3) is 0 Å². The standard InChI is InChI=1S/C7H16ClN2.2ClH/c1-10(5-2-8)6-3-9-4-7-10;;/h9H,2-7H2,1H3;2*1H/q+1;;. The van der Waals surface area contributed by atoms with E-state index in [9.17, 15) is 0 Å². The maximum absolute atomic E-state index is 5.69. The molecule has 1 rings (SSSR count). The second-order valence-corrected chi connectivity index (χ2v) is 3.61. The molecular formula is C7H18Cl3N2+. The third-order valence-corrected chi connectivity index (χ3v) is 2.45. The van der Waals surface area contributed by atoms with Gasteiger partial charge in [-0.25, -0.2) is 0 Å². The molecule has 0 aromatic rings. The maximum Gasteiger partial charge on any atom is 0.0923 e. The SMILES string of the molecule is C[N+]1(CCCl)CCNCC1.Cl.Cl. The van der Waals surface area contributed by atoms with Crippen molar-refractivity contribution in [3.63, 3.8) is 0 Å². The van der Waals surface area contributed by atoms with Crippen molar-refractivity contribution in [2.45, 2.75) is 0 Å². The van der Waals surface area contributed by atoms with Gasteiger partial charge in [0.25, 0.3) is 0 Å². The molecule has 0 amide bonds. The summed E-state index contributed by atoms with van der Waals surface area (Å²) < 4.78 is 1.15. The summed E-state index contributed by atoms with van der Waals surface area (Å²) in [5.41, 5.74) is 0. The maximum atomic E-state index is 5.69. The van der Waals surface area contributed by atoms with Gasteiger partial charge in [0.2, 0.25) is 0 Å². The first kappa shape index (κ1) is 15.3. The Morgan fingerprint density at radius 1 is 1.25 bits per heavy atom. The largest absolute Gasteiger partial charge is 0.323 e. The highest BCUT2D eigenvalue weighted by molar-refractivity contribution is 6.17. The summed E-state index contributed by atoms with van der Waals surface area (Å²) in [6.07, 6.45) is 0. The zero-order valence-corrected chi connectivity index (χ0v) is 9.77. The zero-order chi connectivity index (χ0) is 7.45. The van der Waals surface area contributed by atoms with Crippen LogP contribution in [0.5, 0.6) is 0 Å². The molecule has 0 radical (unpaired) electrons. The molecule has 0 aromatic carbocycles. The van der Waals surface area contributed by atoms with Crippen LogP contribution < -0.4 is 5.32 Å². The number of alkyl halides is 1. The van der Waals surface area contributed by atoms with Crippen molar-refractivity contribution in [1.29, 1.82) is 0 Å². The predicted molar refractivity (Wildman–Crippen MR) is 58.9 cm³/mol. The molecule has 1 heterocycles. The lowest BCUT2D eigenvalue weighted by atomic mass is 10.3. The van der Waals surface area contributed by atoms with E-state index in [2.05, 4.69) is 12.4 Å². The number of hydrogen-bond donors (Lipinski definition) is 1. The minimum atomic E-state index is 0. The minimum absolute atomic E-state index is 0. The first-order valence-corrected chi connectivity index (χ1v) is 4.40. The van der Waals surface area contributed by atoms with Crippen LogP contribution in [0.2, 0.25) is 0 Å². The van der Waals surface area contributed by atoms with Gasteiger partial charge in [0.05, 0.1) is 32.6 Å². The van der Waals surface area contributed by atoms with E-state index in [-0.39, 0.29) is 24.8 Å². The summed E-state index contributed by atoms with van der Waals surface area (Å²) in [5, 5.41) is 3.34. The molecule has 76 valence electrons. The van der Waals surface area contributed by atoms with Gasteiger partial charge < -0.3 is 9.80 Å². The number of rotatable bonds is 2. The van der Waals surface area contributed by atoms with E-state index in [4.69, 9.17) is 11.6 Å². The number of halogens is 3. The number of likely N-dealkylation sites (N-methyl/N-ethyl adjacent to an activating group) is 1. The number of nitrogens with zero attached hydrogens (tertiary/aromatic N) is 1. The summed E-state index contributed by atoms with van der Waals surface area (Å²) in [7, 11) is 2.28. The van der Waals surface area contributed by atoms with Crippen molar-refractivity contribution in [1.82, 2.24) is 5.32 Å². The van der Waals surface area contributed by atoms with Crippen molar-refractivity contribution in [2.75, 3.05) is 45.7 Å². The molecule has 1 fully saturated rings. The van der Waals surface area contributed by atoms with Crippen molar-refractivity contribution in [2.24, 2.45) is 0 Å². The molecule has 1 aliphatic rings. The molecule has 0 unspecified atom stereocenters. The molecule has 1 saturated heterocycles. The Morgan fingerprint density at radius 3 is 2.17 bits per heavy atom. The summed E-state index contributed by atoms with van der Waals surface area (Å²) in [4.78, 5) is 0. The summed E-state index contributed by atoms with van der Waals surface area (Å²) in [5.74, 6) is 0.788. The van der Waals surface area contributed by atoms with Crippen molar-refractivity contribution < 1.29 is 4.48 Å². The van der Waals surface area contributed by atoms with Gasteiger partial charge in [0.15, 0.2) is 0 Å². The molecule has 0 saturated carbocycles. The van der Waals surface area contributed by atoms with Crippen LogP contribution in [0.1, 0.15) is 0 Å². The molecule has 12 heavy (non-hydrogen) atoms. The van der Waals surface area contributed by atoms with E-state index < -0.39 is 0 Å². The second-order valence-electron chi connectivity index (χ2n) is 3.23. The van der Waals surface area contributed by atoms with Gasteiger partial charge in [-0.2, -0.15) is 0 Å². The molecule has 0 aromatic heterocycles. The highest BCUT2D eigenvalue weighted by atomic mass is 35.5.